The summed E-state index contributed by atoms with van der Waals surface area (Å²) in [6.07, 6.45) is 7.10. The molecule has 6 nitrogen and oxygen atoms in total. The molecule has 1 fully saturated rings. The van der Waals surface area contributed by atoms with Crippen molar-refractivity contribution in [3.8, 4) is 0 Å². The first-order valence-electron chi connectivity index (χ1n) is 7.70. The predicted molar refractivity (Wildman–Crippen MR) is 85.2 cm³/mol. The van der Waals surface area contributed by atoms with Crippen molar-refractivity contribution >= 4 is 22.4 Å². The topological polar surface area (TPSA) is 84.1 Å². The number of hydrogen-bond donors (Lipinski definition) is 2. The number of rotatable bonds is 7. The lowest BCUT2D eigenvalue weighted by atomic mass is 9.98. The highest BCUT2D eigenvalue weighted by Gasteiger charge is 2.19. The number of hydrogen-bond acceptors (Lipinski definition) is 6. The van der Waals surface area contributed by atoms with Gasteiger partial charge in [-0.1, -0.05) is 17.8 Å². The van der Waals surface area contributed by atoms with Crippen LogP contribution < -0.4 is 11.1 Å². The van der Waals surface area contributed by atoms with E-state index in [1.54, 1.807) is 0 Å². The molecule has 0 spiro atoms. The highest BCUT2D eigenvalue weighted by atomic mass is 32.1. The minimum absolute atomic E-state index is 0.158. The Hall–Kier alpha value is -1.21. The third-order valence-electron chi connectivity index (χ3n) is 4.00. The predicted octanol–water partition coefficient (Wildman–Crippen LogP) is 1.43. The number of carbonyl (C=O) groups excluding carboxylic acids is 1. The van der Waals surface area contributed by atoms with Gasteiger partial charge in [0.1, 0.15) is 5.01 Å². The van der Waals surface area contributed by atoms with Crippen molar-refractivity contribution < 1.29 is 4.79 Å². The number of nitrogens with two attached hydrogens (primary N) is 1. The lowest BCUT2D eigenvalue weighted by Gasteiger charge is -2.32. The maximum atomic E-state index is 11.8. The van der Waals surface area contributed by atoms with Crippen LogP contribution in [-0.2, 0) is 11.2 Å². The molecule has 1 aliphatic heterocycles. The number of likely N-dealkylation sites (tertiary alicyclic amines) is 1. The lowest BCUT2D eigenvalue weighted by Crippen LogP contribution is -2.37. The van der Waals surface area contributed by atoms with Gasteiger partial charge in [0.25, 0.3) is 0 Å². The summed E-state index contributed by atoms with van der Waals surface area (Å²) in [5.74, 6) is 0.158. The third kappa shape index (κ3) is 5.59. The average molecular weight is 311 g/mol. The van der Waals surface area contributed by atoms with Crippen molar-refractivity contribution in [2.75, 3.05) is 25.9 Å². The van der Waals surface area contributed by atoms with Crippen molar-refractivity contribution in [1.29, 1.82) is 0 Å². The average Bonchev–Trinajstić information content (AvgIpc) is 2.88. The number of nitrogens with one attached hydrogen (secondary N) is 1. The molecule has 1 amide bonds. The van der Waals surface area contributed by atoms with Crippen molar-refractivity contribution in [1.82, 2.24) is 20.4 Å². The second-order valence-electron chi connectivity index (χ2n) is 5.66. The molecule has 1 aliphatic rings. The third-order valence-corrected chi connectivity index (χ3v) is 4.81. The number of piperidine rings is 1. The number of aromatic nitrogens is 2. The van der Waals surface area contributed by atoms with Crippen molar-refractivity contribution in [3.05, 3.63) is 5.01 Å². The van der Waals surface area contributed by atoms with E-state index in [2.05, 4.69) is 27.5 Å². The molecule has 0 saturated carbocycles. The van der Waals surface area contributed by atoms with Crippen LogP contribution in [0.3, 0.4) is 0 Å². The molecule has 1 saturated heterocycles. The molecule has 1 aromatic rings. The molecule has 2 heterocycles. The van der Waals surface area contributed by atoms with Crippen LogP contribution in [0, 0.1) is 0 Å². The first-order chi connectivity index (χ1) is 10.1. The number of nitrogens with zero attached hydrogens (tertiary/aromatic N) is 3. The highest BCUT2D eigenvalue weighted by molar-refractivity contribution is 7.15. The minimum Gasteiger partial charge on any atom is -0.374 e. The van der Waals surface area contributed by atoms with Crippen LogP contribution in [0.4, 0.5) is 5.13 Å². The lowest BCUT2D eigenvalue weighted by molar-refractivity contribution is -0.121. The zero-order valence-electron chi connectivity index (χ0n) is 12.7. The summed E-state index contributed by atoms with van der Waals surface area (Å²) in [5.41, 5.74) is 5.52. The number of anilines is 1. The summed E-state index contributed by atoms with van der Waals surface area (Å²) in [6.45, 7) is 1.86. The molecule has 118 valence electrons. The molecule has 0 bridgehead atoms. The fraction of sp³-hybridized carbons (Fsp3) is 0.786. The fourth-order valence-electron chi connectivity index (χ4n) is 2.73. The maximum absolute atomic E-state index is 11.8. The van der Waals surface area contributed by atoms with Gasteiger partial charge in [0.05, 0.1) is 0 Å². The Kier molecular flexibility index (Phi) is 6.38. The smallest absolute Gasteiger partial charge is 0.220 e. The molecule has 0 aromatic carbocycles. The summed E-state index contributed by atoms with van der Waals surface area (Å²) in [4.78, 5) is 14.2. The molecule has 0 radical (unpaired) electrons. The van der Waals surface area contributed by atoms with Gasteiger partial charge in [-0.2, -0.15) is 0 Å². The Labute approximate surface area is 130 Å². The fourth-order valence-corrected chi connectivity index (χ4v) is 3.38. The van der Waals surface area contributed by atoms with E-state index in [-0.39, 0.29) is 5.91 Å². The molecule has 0 aliphatic carbocycles. The standard InChI is InChI=1S/C14H25N5OS/c1-19-10-3-2-5-11(19)7-8-12(20)16-9-4-6-13-17-18-14(15)21-13/h11H,2-10H2,1H3,(H2,15,18)(H,16,20)/t11-/m0/s1. The van der Waals surface area contributed by atoms with Gasteiger partial charge in [-0.25, -0.2) is 0 Å². The van der Waals surface area contributed by atoms with E-state index >= 15 is 0 Å². The van der Waals surface area contributed by atoms with E-state index in [0.717, 1.165) is 30.8 Å². The zero-order chi connectivity index (χ0) is 15.1. The van der Waals surface area contributed by atoms with Gasteiger partial charge in [0.15, 0.2) is 0 Å². The Morgan fingerprint density at radius 1 is 1.48 bits per heavy atom. The maximum Gasteiger partial charge on any atom is 0.220 e. The molecule has 3 N–H and O–H groups in total. The summed E-state index contributed by atoms with van der Waals surface area (Å²) < 4.78 is 0. The van der Waals surface area contributed by atoms with Gasteiger partial charge in [-0.05, 0) is 39.3 Å². The SMILES string of the molecule is CN1CCCC[C@H]1CCC(=O)NCCCc1nnc(N)s1. The normalized spacial score (nSPS) is 19.6. The summed E-state index contributed by atoms with van der Waals surface area (Å²) >= 11 is 1.41. The Balaban J connectivity index is 1.55. The van der Waals surface area contributed by atoms with Crippen LogP contribution in [0.5, 0.6) is 0 Å². The van der Waals surface area contributed by atoms with Crippen molar-refractivity contribution in [2.24, 2.45) is 0 Å². The number of nitrogen functional groups attached to an aromatic ring is 1. The summed E-state index contributed by atoms with van der Waals surface area (Å²) in [5, 5.41) is 12.2. The molecule has 1 aromatic heterocycles. The second kappa shape index (κ2) is 8.29. The molecular formula is C14H25N5OS. The molecule has 0 unspecified atom stereocenters. The molecular weight excluding hydrogens is 286 g/mol. The van der Waals surface area contributed by atoms with Crippen LogP contribution in [0.15, 0.2) is 0 Å². The van der Waals surface area contributed by atoms with Crippen LogP contribution in [0.25, 0.3) is 0 Å². The van der Waals surface area contributed by atoms with Gasteiger partial charge in [0, 0.05) is 25.4 Å². The van der Waals surface area contributed by atoms with Crippen LogP contribution in [0.1, 0.15) is 43.5 Å². The molecule has 2 rings (SSSR count). The summed E-state index contributed by atoms with van der Waals surface area (Å²) in [7, 11) is 2.16. The quantitative estimate of drug-likeness (QED) is 0.744. The van der Waals surface area contributed by atoms with Crippen molar-refractivity contribution in [2.45, 2.75) is 51.0 Å². The monoisotopic (exact) mass is 311 g/mol. The Morgan fingerprint density at radius 3 is 3.05 bits per heavy atom. The van der Waals surface area contributed by atoms with Crippen LogP contribution >= 0.6 is 11.3 Å². The molecule has 21 heavy (non-hydrogen) atoms. The Morgan fingerprint density at radius 2 is 2.33 bits per heavy atom. The molecule has 7 heteroatoms. The first kappa shape index (κ1) is 16.2. The van der Waals surface area contributed by atoms with Gasteiger partial charge in [0.2, 0.25) is 11.0 Å². The van der Waals surface area contributed by atoms with Gasteiger partial charge in [-0.3, -0.25) is 4.79 Å². The van der Waals surface area contributed by atoms with E-state index in [1.165, 1.54) is 30.6 Å². The van der Waals surface area contributed by atoms with Gasteiger partial charge >= 0.3 is 0 Å². The van der Waals surface area contributed by atoms with Crippen LogP contribution in [-0.4, -0.2) is 47.2 Å². The molecule has 1 atom stereocenters. The van der Waals surface area contributed by atoms with Gasteiger partial charge in [-0.15, -0.1) is 10.2 Å². The van der Waals surface area contributed by atoms with E-state index in [0.29, 0.717) is 24.1 Å². The van der Waals surface area contributed by atoms with E-state index in [1.807, 2.05) is 0 Å². The Bertz CT molecular complexity index is 450. The van der Waals surface area contributed by atoms with E-state index < -0.39 is 0 Å². The highest BCUT2D eigenvalue weighted by Crippen LogP contribution is 2.18. The zero-order valence-corrected chi connectivity index (χ0v) is 13.5. The van der Waals surface area contributed by atoms with E-state index in [4.69, 9.17) is 5.73 Å². The second-order valence-corrected chi connectivity index (χ2v) is 6.75. The van der Waals surface area contributed by atoms with E-state index in [9.17, 15) is 4.79 Å². The summed E-state index contributed by atoms with van der Waals surface area (Å²) in [6, 6.07) is 0.578. The largest absolute Gasteiger partial charge is 0.374 e. The number of carbonyl (C=O) groups is 1. The van der Waals surface area contributed by atoms with Gasteiger partial charge < -0.3 is 16.0 Å². The van der Waals surface area contributed by atoms with Crippen LogP contribution in [0.2, 0.25) is 0 Å². The first-order valence-corrected chi connectivity index (χ1v) is 8.51. The van der Waals surface area contributed by atoms with Crippen molar-refractivity contribution in [3.63, 3.8) is 0 Å². The number of aryl methyl sites for hydroxylation is 1. The minimum atomic E-state index is 0.158. The number of amides is 1.